The summed E-state index contributed by atoms with van der Waals surface area (Å²) in [5, 5.41) is 8.97. The molecule has 0 spiro atoms. The fourth-order valence-electron chi connectivity index (χ4n) is 1.03. The summed E-state index contributed by atoms with van der Waals surface area (Å²) in [4.78, 5) is 13.4. The number of halogens is 5. The fraction of sp³-hybridized carbons (Fsp3) is 0.250. The van der Waals surface area contributed by atoms with Gasteiger partial charge in [0.1, 0.15) is 17.0 Å². The van der Waals surface area contributed by atoms with Crippen LogP contribution in [-0.2, 0) is 0 Å². The number of alkyl halides is 5. The zero-order valence-corrected chi connectivity index (χ0v) is 7.83. The third kappa shape index (κ3) is 3.02. The summed E-state index contributed by atoms with van der Waals surface area (Å²) >= 11 is 0. The number of carbonyl (C=O) groups excluding carboxylic acids is 1. The lowest BCUT2D eigenvalue weighted by Crippen LogP contribution is -2.20. The third-order valence-electron chi connectivity index (χ3n) is 1.63. The van der Waals surface area contributed by atoms with Crippen LogP contribution in [-0.4, -0.2) is 22.7 Å². The number of aldehydes is 1. The minimum absolute atomic E-state index is 0.188. The normalized spacial score (nSPS) is 11.6. The second kappa shape index (κ2) is 4.52. The highest BCUT2D eigenvalue weighted by Gasteiger charge is 2.36. The molecule has 0 bridgehead atoms. The fourth-order valence-corrected chi connectivity index (χ4v) is 1.03. The van der Waals surface area contributed by atoms with Gasteiger partial charge in [-0.2, -0.15) is 0 Å². The molecule has 0 saturated carbocycles. The Bertz CT molecular complexity index is 432. The zero-order valence-electron chi connectivity index (χ0n) is 7.83. The molecule has 0 atom stereocenters. The van der Waals surface area contributed by atoms with Crippen LogP contribution in [0.25, 0.3) is 0 Å². The van der Waals surface area contributed by atoms with Gasteiger partial charge in [-0.1, -0.05) is 0 Å². The van der Waals surface area contributed by atoms with E-state index >= 15 is 0 Å². The van der Waals surface area contributed by atoms with Crippen molar-refractivity contribution in [2.45, 2.75) is 12.8 Å². The molecule has 0 aliphatic heterocycles. The molecule has 1 rings (SSSR count). The van der Waals surface area contributed by atoms with Crippen LogP contribution in [0, 0.1) is 0 Å². The molecule has 0 aliphatic rings. The van der Waals surface area contributed by atoms with Crippen molar-refractivity contribution in [3.63, 3.8) is 0 Å². The summed E-state index contributed by atoms with van der Waals surface area (Å²) in [5.41, 5.74) is -2.41. The molecule has 0 saturated heterocycles. The molecule has 1 aromatic heterocycles. The lowest BCUT2D eigenvalue weighted by atomic mass is 10.2. The van der Waals surface area contributed by atoms with Gasteiger partial charge >= 0.3 is 6.36 Å². The van der Waals surface area contributed by atoms with Crippen molar-refractivity contribution in [3.8, 4) is 11.5 Å². The lowest BCUT2D eigenvalue weighted by Gasteiger charge is -2.14. The number of hydrogen-bond donors (Lipinski definition) is 1. The Balaban J connectivity index is 3.40. The van der Waals surface area contributed by atoms with E-state index < -0.39 is 35.5 Å². The minimum Gasteiger partial charge on any atom is -0.506 e. The molecule has 0 aliphatic carbocycles. The molecule has 1 N–H and O–H groups in total. The number of aromatic nitrogens is 1. The van der Waals surface area contributed by atoms with E-state index in [1.165, 1.54) is 0 Å². The predicted octanol–water partition coefficient (Wildman–Crippen LogP) is 2.44. The smallest absolute Gasteiger partial charge is 0.506 e. The highest BCUT2D eigenvalue weighted by Crippen LogP contribution is 2.39. The highest BCUT2D eigenvalue weighted by molar-refractivity contribution is 5.78. The van der Waals surface area contributed by atoms with Gasteiger partial charge in [0.15, 0.2) is 12.0 Å². The predicted molar refractivity (Wildman–Crippen MR) is 42.9 cm³/mol. The molecular weight excluding hydrogens is 253 g/mol. The number of rotatable bonds is 3. The first-order valence-corrected chi connectivity index (χ1v) is 3.97. The third-order valence-corrected chi connectivity index (χ3v) is 1.63. The summed E-state index contributed by atoms with van der Waals surface area (Å²) in [6.45, 7) is 0. The molecule has 1 heterocycles. The number of nitrogens with zero attached hydrogens (tertiary/aromatic N) is 1. The quantitative estimate of drug-likeness (QED) is 0.667. The first-order valence-electron chi connectivity index (χ1n) is 3.97. The highest BCUT2D eigenvalue weighted by atomic mass is 19.4. The SMILES string of the molecule is O=Cc1ncc(O)c(C(F)F)c1OC(F)(F)F. The van der Waals surface area contributed by atoms with E-state index in [4.69, 9.17) is 5.11 Å². The molecular formula is C8H4F5NO3. The van der Waals surface area contributed by atoms with Gasteiger partial charge in [0.05, 0.1) is 6.20 Å². The monoisotopic (exact) mass is 257 g/mol. The largest absolute Gasteiger partial charge is 0.573 e. The first kappa shape index (κ1) is 13.1. The molecule has 17 heavy (non-hydrogen) atoms. The average Bonchev–Trinajstić information content (AvgIpc) is 2.15. The summed E-state index contributed by atoms with van der Waals surface area (Å²) in [6.07, 6.45) is -8.48. The molecule has 0 radical (unpaired) electrons. The second-order valence-electron chi connectivity index (χ2n) is 2.74. The molecule has 0 amide bonds. The Morgan fingerprint density at radius 3 is 2.41 bits per heavy atom. The van der Waals surface area contributed by atoms with Crippen molar-refractivity contribution in [1.29, 1.82) is 0 Å². The van der Waals surface area contributed by atoms with E-state index in [2.05, 4.69) is 9.72 Å². The number of ether oxygens (including phenoxy) is 1. The summed E-state index contributed by atoms with van der Waals surface area (Å²) in [6, 6.07) is 0. The maximum absolute atomic E-state index is 12.4. The van der Waals surface area contributed by atoms with Gasteiger partial charge in [0.2, 0.25) is 0 Å². The molecule has 0 fully saturated rings. The van der Waals surface area contributed by atoms with Gasteiger partial charge in [0, 0.05) is 0 Å². The van der Waals surface area contributed by atoms with Crippen LogP contribution in [0.4, 0.5) is 22.0 Å². The van der Waals surface area contributed by atoms with Crippen molar-refractivity contribution in [2.75, 3.05) is 0 Å². The Labute approximate surface area is 90.6 Å². The van der Waals surface area contributed by atoms with Crippen LogP contribution in [0.15, 0.2) is 6.20 Å². The van der Waals surface area contributed by atoms with Gasteiger partial charge in [-0.25, -0.2) is 13.8 Å². The van der Waals surface area contributed by atoms with Gasteiger partial charge in [0.25, 0.3) is 6.43 Å². The van der Waals surface area contributed by atoms with Gasteiger partial charge in [-0.05, 0) is 0 Å². The number of carbonyl (C=O) groups is 1. The number of aromatic hydroxyl groups is 1. The van der Waals surface area contributed by atoms with Crippen molar-refractivity contribution < 1.29 is 36.6 Å². The minimum atomic E-state index is -5.28. The maximum atomic E-state index is 12.4. The van der Waals surface area contributed by atoms with Gasteiger partial charge < -0.3 is 9.84 Å². The molecule has 9 heteroatoms. The van der Waals surface area contributed by atoms with Crippen LogP contribution >= 0.6 is 0 Å². The van der Waals surface area contributed by atoms with Gasteiger partial charge in [-0.15, -0.1) is 13.2 Å². The standard InChI is InChI=1S/C8H4F5NO3/c9-7(10)5-4(16)1-14-3(2-15)6(5)17-8(11,12)13/h1-2,7,16H. The Hall–Kier alpha value is -1.93. The summed E-state index contributed by atoms with van der Waals surface area (Å²) in [5.74, 6) is -2.69. The Morgan fingerprint density at radius 1 is 1.41 bits per heavy atom. The first-order chi connectivity index (χ1) is 7.76. The molecule has 0 aromatic carbocycles. The molecule has 1 aromatic rings. The van der Waals surface area contributed by atoms with Crippen LogP contribution < -0.4 is 4.74 Å². The zero-order chi connectivity index (χ0) is 13.2. The van der Waals surface area contributed by atoms with E-state index in [0.717, 1.165) is 0 Å². The maximum Gasteiger partial charge on any atom is 0.573 e. The number of hydrogen-bond acceptors (Lipinski definition) is 4. The van der Waals surface area contributed by atoms with Crippen LogP contribution in [0.3, 0.4) is 0 Å². The van der Waals surface area contributed by atoms with Crippen LogP contribution in [0.2, 0.25) is 0 Å². The lowest BCUT2D eigenvalue weighted by molar-refractivity contribution is -0.275. The Kier molecular flexibility index (Phi) is 3.49. The van der Waals surface area contributed by atoms with Crippen molar-refractivity contribution in [2.24, 2.45) is 0 Å². The van der Waals surface area contributed by atoms with Crippen molar-refractivity contribution in [1.82, 2.24) is 4.98 Å². The van der Waals surface area contributed by atoms with E-state index in [9.17, 15) is 26.7 Å². The van der Waals surface area contributed by atoms with E-state index in [1.54, 1.807) is 0 Å². The van der Waals surface area contributed by atoms with E-state index in [1.807, 2.05) is 0 Å². The van der Waals surface area contributed by atoms with Crippen LogP contribution in [0.1, 0.15) is 22.5 Å². The molecule has 0 unspecified atom stereocenters. The van der Waals surface area contributed by atoms with Crippen molar-refractivity contribution >= 4 is 6.29 Å². The average molecular weight is 257 g/mol. The van der Waals surface area contributed by atoms with Gasteiger partial charge in [-0.3, -0.25) is 4.79 Å². The topological polar surface area (TPSA) is 59.4 Å². The summed E-state index contributed by atoms with van der Waals surface area (Å²) < 4.78 is 63.9. The van der Waals surface area contributed by atoms with E-state index in [-0.39, 0.29) is 6.29 Å². The Morgan fingerprint density at radius 2 is 2.00 bits per heavy atom. The molecule has 94 valence electrons. The summed E-state index contributed by atoms with van der Waals surface area (Å²) in [7, 11) is 0. The second-order valence-corrected chi connectivity index (χ2v) is 2.74. The number of pyridine rings is 1. The van der Waals surface area contributed by atoms with Crippen LogP contribution in [0.5, 0.6) is 11.5 Å². The van der Waals surface area contributed by atoms with Crippen molar-refractivity contribution in [3.05, 3.63) is 17.5 Å². The van der Waals surface area contributed by atoms with E-state index in [0.29, 0.717) is 6.20 Å². The molecule has 4 nitrogen and oxygen atoms in total.